The molecule has 1 aromatic carbocycles. The number of hydrogen-bond acceptors (Lipinski definition) is 2. The number of nitriles is 1. The van der Waals surface area contributed by atoms with E-state index in [0.29, 0.717) is 0 Å². The van der Waals surface area contributed by atoms with E-state index >= 15 is 0 Å². The van der Waals surface area contributed by atoms with Gasteiger partial charge in [0, 0.05) is 5.56 Å². The molecule has 1 atom stereocenters. The molecule has 12 heavy (non-hydrogen) atoms. The number of ether oxygens (including phenoxy) is 1. The van der Waals surface area contributed by atoms with Gasteiger partial charge < -0.3 is 4.74 Å². The Balaban J connectivity index is 2.44. The number of hydrogen-bond donors (Lipinski definition) is 0. The summed E-state index contributed by atoms with van der Waals surface area (Å²) in [7, 11) is 1.66. The lowest BCUT2D eigenvalue weighted by molar-refractivity contribution is 0.403. The Bertz CT molecular complexity index is 351. The summed E-state index contributed by atoms with van der Waals surface area (Å²) in [5.74, 6) is 1.01. The maximum absolute atomic E-state index is 8.71. The molecule has 60 valence electrons. The van der Waals surface area contributed by atoms with Crippen molar-refractivity contribution in [2.45, 2.75) is 12.3 Å². The van der Waals surface area contributed by atoms with E-state index in [9.17, 15) is 0 Å². The van der Waals surface area contributed by atoms with Crippen LogP contribution in [0, 0.1) is 11.3 Å². The summed E-state index contributed by atoms with van der Waals surface area (Å²) in [6, 6.07) is 8.12. The lowest BCUT2D eigenvalue weighted by Crippen LogP contribution is -2.16. The summed E-state index contributed by atoms with van der Waals surface area (Å²) >= 11 is 0. The zero-order valence-electron chi connectivity index (χ0n) is 6.87. The molecule has 1 aromatic rings. The minimum absolute atomic E-state index is 0.0927. The second-order valence-corrected chi connectivity index (χ2v) is 2.91. The van der Waals surface area contributed by atoms with Gasteiger partial charge in [0.25, 0.3) is 0 Å². The largest absolute Gasteiger partial charge is 0.496 e. The lowest BCUT2D eigenvalue weighted by atomic mass is 9.78. The standard InChI is InChI=1S/C10H9NO/c1-12-10-4-2-3-8-7(6-11)5-9(8)10/h2-4,7H,5H2,1H3. The Hall–Kier alpha value is -1.49. The monoisotopic (exact) mass is 159 g/mol. The topological polar surface area (TPSA) is 33.0 Å². The van der Waals surface area contributed by atoms with Crippen LogP contribution in [0.15, 0.2) is 18.2 Å². The molecule has 0 radical (unpaired) electrons. The highest BCUT2D eigenvalue weighted by molar-refractivity contribution is 5.51. The van der Waals surface area contributed by atoms with E-state index in [1.54, 1.807) is 7.11 Å². The first-order chi connectivity index (χ1) is 5.86. The van der Waals surface area contributed by atoms with Gasteiger partial charge in [0.2, 0.25) is 0 Å². The molecular formula is C10H9NO. The fourth-order valence-electron chi connectivity index (χ4n) is 1.62. The van der Waals surface area contributed by atoms with E-state index in [1.807, 2.05) is 18.2 Å². The van der Waals surface area contributed by atoms with Gasteiger partial charge in [-0.05, 0) is 18.1 Å². The summed E-state index contributed by atoms with van der Waals surface area (Å²) in [4.78, 5) is 0. The van der Waals surface area contributed by atoms with Crippen molar-refractivity contribution < 1.29 is 4.74 Å². The smallest absolute Gasteiger partial charge is 0.122 e. The van der Waals surface area contributed by atoms with Crippen LogP contribution in [0.25, 0.3) is 0 Å². The van der Waals surface area contributed by atoms with Crippen molar-refractivity contribution >= 4 is 0 Å². The first kappa shape index (κ1) is 7.17. The van der Waals surface area contributed by atoms with Crippen molar-refractivity contribution in [3.8, 4) is 11.8 Å². The van der Waals surface area contributed by atoms with Gasteiger partial charge in [-0.2, -0.15) is 5.26 Å². The minimum atomic E-state index is 0.0927. The Morgan fingerprint density at radius 2 is 2.42 bits per heavy atom. The van der Waals surface area contributed by atoms with Crippen molar-refractivity contribution in [2.24, 2.45) is 0 Å². The van der Waals surface area contributed by atoms with Gasteiger partial charge >= 0.3 is 0 Å². The summed E-state index contributed by atoms with van der Waals surface area (Å²) in [5.41, 5.74) is 2.34. The van der Waals surface area contributed by atoms with Crippen LogP contribution < -0.4 is 4.74 Å². The molecule has 0 bridgehead atoms. The van der Waals surface area contributed by atoms with Gasteiger partial charge in [0.1, 0.15) is 5.75 Å². The van der Waals surface area contributed by atoms with Crippen LogP contribution in [0.3, 0.4) is 0 Å². The molecule has 2 nitrogen and oxygen atoms in total. The first-order valence-electron chi connectivity index (χ1n) is 3.92. The maximum atomic E-state index is 8.71. The van der Waals surface area contributed by atoms with Crippen LogP contribution >= 0.6 is 0 Å². The number of methoxy groups -OCH3 is 1. The molecule has 0 N–H and O–H groups in total. The number of fused-ring (bicyclic) bond motifs is 1. The number of benzene rings is 1. The van der Waals surface area contributed by atoms with Crippen LogP contribution in [0.1, 0.15) is 17.0 Å². The van der Waals surface area contributed by atoms with E-state index in [4.69, 9.17) is 10.00 Å². The molecule has 2 heteroatoms. The van der Waals surface area contributed by atoms with Crippen molar-refractivity contribution in [3.05, 3.63) is 29.3 Å². The summed E-state index contributed by atoms with van der Waals surface area (Å²) < 4.78 is 5.16. The van der Waals surface area contributed by atoms with Gasteiger partial charge in [-0.25, -0.2) is 0 Å². The van der Waals surface area contributed by atoms with Crippen molar-refractivity contribution in [2.75, 3.05) is 7.11 Å². The SMILES string of the molecule is COc1cccc2c1CC2C#N. The van der Waals surface area contributed by atoms with Crippen LogP contribution in [-0.4, -0.2) is 7.11 Å². The summed E-state index contributed by atoms with van der Waals surface area (Å²) in [6.45, 7) is 0. The molecular weight excluding hydrogens is 150 g/mol. The van der Waals surface area contributed by atoms with Crippen molar-refractivity contribution in [1.29, 1.82) is 5.26 Å². The van der Waals surface area contributed by atoms with E-state index in [1.165, 1.54) is 5.56 Å². The molecule has 0 aliphatic heterocycles. The Morgan fingerprint density at radius 1 is 1.58 bits per heavy atom. The molecule has 0 amide bonds. The fourth-order valence-corrected chi connectivity index (χ4v) is 1.62. The van der Waals surface area contributed by atoms with Gasteiger partial charge in [-0.1, -0.05) is 12.1 Å². The van der Waals surface area contributed by atoms with Crippen LogP contribution in [0.2, 0.25) is 0 Å². The highest BCUT2D eigenvalue weighted by Gasteiger charge is 2.28. The van der Waals surface area contributed by atoms with E-state index in [0.717, 1.165) is 17.7 Å². The molecule has 0 saturated heterocycles. The molecule has 0 heterocycles. The third-order valence-electron chi connectivity index (χ3n) is 2.33. The molecule has 0 aromatic heterocycles. The van der Waals surface area contributed by atoms with Gasteiger partial charge in [-0.15, -0.1) is 0 Å². The molecule has 0 saturated carbocycles. The molecule has 0 fully saturated rings. The molecule has 2 rings (SSSR count). The van der Waals surface area contributed by atoms with E-state index in [-0.39, 0.29) is 5.92 Å². The Labute approximate surface area is 71.4 Å². The van der Waals surface area contributed by atoms with Crippen LogP contribution in [0.5, 0.6) is 5.75 Å². The minimum Gasteiger partial charge on any atom is -0.496 e. The van der Waals surface area contributed by atoms with Gasteiger partial charge in [-0.3, -0.25) is 0 Å². The molecule has 1 aliphatic rings. The third kappa shape index (κ3) is 0.799. The number of nitrogens with zero attached hydrogens (tertiary/aromatic N) is 1. The van der Waals surface area contributed by atoms with Crippen LogP contribution in [-0.2, 0) is 6.42 Å². The van der Waals surface area contributed by atoms with Crippen molar-refractivity contribution in [1.82, 2.24) is 0 Å². The van der Waals surface area contributed by atoms with Crippen molar-refractivity contribution in [3.63, 3.8) is 0 Å². The molecule has 1 unspecified atom stereocenters. The average Bonchev–Trinajstić information content (AvgIpc) is 2.07. The normalized spacial score (nSPS) is 18.8. The Kier molecular flexibility index (Phi) is 1.51. The van der Waals surface area contributed by atoms with Gasteiger partial charge in [0.15, 0.2) is 0 Å². The fraction of sp³-hybridized carbons (Fsp3) is 0.300. The van der Waals surface area contributed by atoms with Crippen LogP contribution in [0.4, 0.5) is 0 Å². The zero-order valence-corrected chi connectivity index (χ0v) is 6.87. The second kappa shape index (κ2) is 2.53. The molecule has 1 aliphatic carbocycles. The zero-order chi connectivity index (χ0) is 8.55. The third-order valence-corrected chi connectivity index (χ3v) is 2.33. The number of rotatable bonds is 1. The predicted octanol–water partition coefficient (Wildman–Crippen LogP) is 1.86. The summed E-state index contributed by atoms with van der Waals surface area (Å²) in [6.07, 6.45) is 0.843. The summed E-state index contributed by atoms with van der Waals surface area (Å²) in [5, 5.41) is 8.71. The lowest BCUT2D eigenvalue weighted by Gasteiger charge is -2.26. The first-order valence-corrected chi connectivity index (χ1v) is 3.92. The van der Waals surface area contributed by atoms with Gasteiger partial charge in [0.05, 0.1) is 19.1 Å². The van der Waals surface area contributed by atoms with E-state index in [2.05, 4.69) is 6.07 Å². The highest BCUT2D eigenvalue weighted by Crippen LogP contribution is 2.39. The molecule has 0 spiro atoms. The highest BCUT2D eigenvalue weighted by atomic mass is 16.5. The average molecular weight is 159 g/mol. The quantitative estimate of drug-likeness (QED) is 0.626. The predicted molar refractivity (Wildman–Crippen MR) is 45.1 cm³/mol. The second-order valence-electron chi connectivity index (χ2n) is 2.91. The van der Waals surface area contributed by atoms with E-state index < -0.39 is 0 Å². The Morgan fingerprint density at radius 3 is 3.08 bits per heavy atom. The maximum Gasteiger partial charge on any atom is 0.122 e.